The third-order valence-corrected chi connectivity index (χ3v) is 2.80. The number of rotatable bonds is 4. The van der Waals surface area contributed by atoms with Gasteiger partial charge in [-0.1, -0.05) is 0 Å². The maximum Gasteiger partial charge on any atom is 0.338 e. The Kier molecular flexibility index (Phi) is 4.09. The molecular weight excluding hydrogens is 226 g/mol. The molecule has 5 heteroatoms. The van der Waals surface area contributed by atoms with Crippen molar-refractivity contribution in [2.75, 3.05) is 5.32 Å². The molecule has 2 N–H and O–H groups in total. The van der Waals surface area contributed by atoms with Crippen LogP contribution in [0.3, 0.4) is 0 Å². The summed E-state index contributed by atoms with van der Waals surface area (Å²) >= 11 is 1.24. The monoisotopic (exact) mass is 237 g/mol. The van der Waals surface area contributed by atoms with Crippen molar-refractivity contribution in [3.8, 4) is 12.3 Å². The molecule has 1 aromatic rings. The molecule has 0 radical (unpaired) electrons. The van der Waals surface area contributed by atoms with Gasteiger partial charge in [0, 0.05) is 17.7 Å². The van der Waals surface area contributed by atoms with Gasteiger partial charge >= 0.3 is 5.97 Å². The van der Waals surface area contributed by atoms with Gasteiger partial charge in [-0.3, -0.25) is 4.79 Å². The Hall–Kier alpha value is -1.80. The summed E-state index contributed by atoms with van der Waals surface area (Å²) in [4.78, 5) is 23.1. The summed E-state index contributed by atoms with van der Waals surface area (Å²) in [6.07, 6.45) is 5.58. The fraction of sp³-hybridized carbons (Fsp3) is 0.273. The van der Waals surface area contributed by atoms with Crippen molar-refractivity contribution in [2.45, 2.75) is 19.8 Å². The van der Waals surface area contributed by atoms with Gasteiger partial charge in [0.2, 0.25) is 5.91 Å². The lowest BCUT2D eigenvalue weighted by atomic mass is 10.2. The van der Waals surface area contributed by atoms with E-state index in [1.807, 2.05) is 0 Å². The molecule has 0 aliphatic carbocycles. The highest BCUT2D eigenvalue weighted by Gasteiger charge is 2.15. The molecule has 0 aliphatic heterocycles. The largest absolute Gasteiger partial charge is 0.478 e. The molecule has 0 spiro atoms. The number of amides is 1. The number of carbonyl (C=O) groups is 2. The smallest absolute Gasteiger partial charge is 0.338 e. The highest BCUT2D eigenvalue weighted by atomic mass is 32.1. The number of terminal acetylenes is 1. The summed E-state index contributed by atoms with van der Waals surface area (Å²) in [6.45, 7) is 1.79. The zero-order chi connectivity index (χ0) is 12.1. The molecular formula is C11H11NO3S. The first-order valence-corrected chi connectivity index (χ1v) is 5.43. The van der Waals surface area contributed by atoms with Gasteiger partial charge in [-0.25, -0.2) is 4.79 Å². The van der Waals surface area contributed by atoms with Crippen molar-refractivity contribution in [3.05, 3.63) is 16.5 Å². The van der Waals surface area contributed by atoms with Crippen molar-refractivity contribution < 1.29 is 14.7 Å². The summed E-state index contributed by atoms with van der Waals surface area (Å²) < 4.78 is 0. The van der Waals surface area contributed by atoms with Crippen molar-refractivity contribution in [2.24, 2.45) is 0 Å². The number of aryl methyl sites for hydroxylation is 1. The van der Waals surface area contributed by atoms with Gasteiger partial charge in [0.1, 0.15) is 5.00 Å². The van der Waals surface area contributed by atoms with Crippen LogP contribution in [0, 0.1) is 19.3 Å². The Bertz CT molecular complexity index is 456. The number of thiophene rings is 1. The molecule has 0 aromatic carbocycles. The number of carboxylic acids is 1. The van der Waals surface area contributed by atoms with Gasteiger partial charge in [-0.05, 0) is 13.0 Å². The van der Waals surface area contributed by atoms with Crippen LogP contribution >= 0.6 is 11.3 Å². The molecule has 0 saturated heterocycles. The van der Waals surface area contributed by atoms with Crippen molar-refractivity contribution in [1.82, 2.24) is 0 Å². The van der Waals surface area contributed by atoms with Crippen molar-refractivity contribution >= 4 is 28.2 Å². The van der Waals surface area contributed by atoms with Crippen molar-refractivity contribution in [3.63, 3.8) is 0 Å². The summed E-state index contributed by atoms with van der Waals surface area (Å²) in [7, 11) is 0. The SMILES string of the molecule is C#CCCC(=O)Nc1sc(C)cc1C(=O)O. The summed E-state index contributed by atoms with van der Waals surface area (Å²) in [6, 6.07) is 1.53. The molecule has 1 heterocycles. The molecule has 4 nitrogen and oxygen atoms in total. The zero-order valence-electron chi connectivity index (χ0n) is 8.74. The van der Waals surface area contributed by atoms with E-state index in [0.29, 0.717) is 11.4 Å². The van der Waals surface area contributed by atoms with Crippen LogP contribution in [0.2, 0.25) is 0 Å². The predicted molar refractivity (Wildman–Crippen MR) is 62.7 cm³/mol. The molecule has 0 bridgehead atoms. The van der Waals surface area contributed by atoms with E-state index in [4.69, 9.17) is 11.5 Å². The number of hydrogen-bond donors (Lipinski definition) is 2. The second-order valence-electron chi connectivity index (χ2n) is 3.16. The van der Waals surface area contributed by atoms with Gasteiger partial charge < -0.3 is 10.4 Å². The topological polar surface area (TPSA) is 66.4 Å². The lowest BCUT2D eigenvalue weighted by molar-refractivity contribution is -0.116. The van der Waals surface area contributed by atoms with Gasteiger partial charge in [-0.2, -0.15) is 0 Å². The normalized spacial score (nSPS) is 9.50. The number of hydrogen-bond acceptors (Lipinski definition) is 3. The fourth-order valence-corrected chi connectivity index (χ4v) is 2.06. The van der Waals surface area contributed by atoms with Gasteiger partial charge in [0.25, 0.3) is 0 Å². The summed E-state index contributed by atoms with van der Waals surface area (Å²) in [5.41, 5.74) is 0.122. The van der Waals surface area contributed by atoms with Crippen LogP contribution < -0.4 is 5.32 Å². The van der Waals surface area contributed by atoms with Crippen LogP contribution in [0.15, 0.2) is 6.07 Å². The molecule has 1 aromatic heterocycles. The van der Waals surface area contributed by atoms with Crippen molar-refractivity contribution in [1.29, 1.82) is 0 Å². The number of aromatic carboxylic acids is 1. The number of carboxylic acid groups (broad SMARTS) is 1. The molecule has 0 unspecified atom stereocenters. The second-order valence-corrected chi connectivity index (χ2v) is 4.41. The zero-order valence-corrected chi connectivity index (χ0v) is 9.56. The van der Waals surface area contributed by atoms with Crippen LogP contribution in [-0.4, -0.2) is 17.0 Å². The van der Waals surface area contributed by atoms with Gasteiger partial charge in [0.15, 0.2) is 0 Å². The number of carbonyl (C=O) groups excluding carboxylic acids is 1. The average molecular weight is 237 g/mol. The van der Waals surface area contributed by atoms with E-state index in [0.717, 1.165) is 4.88 Å². The molecule has 0 aliphatic rings. The Morgan fingerprint density at radius 3 is 2.88 bits per heavy atom. The average Bonchev–Trinajstić information content (AvgIpc) is 2.56. The van der Waals surface area contributed by atoms with Gasteiger partial charge in [0.05, 0.1) is 5.56 Å². The molecule has 0 fully saturated rings. The molecule has 1 rings (SSSR count). The minimum absolute atomic E-state index is 0.122. The van der Waals surface area contributed by atoms with Crippen LogP contribution in [0.5, 0.6) is 0 Å². The molecule has 1 amide bonds. The highest BCUT2D eigenvalue weighted by molar-refractivity contribution is 7.16. The highest BCUT2D eigenvalue weighted by Crippen LogP contribution is 2.27. The molecule has 0 saturated carbocycles. The van der Waals surface area contributed by atoms with Crippen LogP contribution in [-0.2, 0) is 4.79 Å². The standard InChI is InChI=1S/C11H11NO3S/c1-3-4-5-9(13)12-10-8(11(14)15)6-7(2)16-10/h1,6H,4-5H2,2H3,(H,12,13)(H,14,15). The summed E-state index contributed by atoms with van der Waals surface area (Å²) in [5.74, 6) is 1.05. The van der Waals surface area contributed by atoms with E-state index in [2.05, 4.69) is 11.2 Å². The van der Waals surface area contributed by atoms with E-state index < -0.39 is 5.97 Å². The van der Waals surface area contributed by atoms with E-state index >= 15 is 0 Å². The summed E-state index contributed by atoms with van der Waals surface area (Å²) in [5, 5.41) is 11.8. The third-order valence-electron chi connectivity index (χ3n) is 1.84. The van der Waals surface area contributed by atoms with Gasteiger partial charge in [-0.15, -0.1) is 23.7 Å². The molecule has 16 heavy (non-hydrogen) atoms. The first-order valence-electron chi connectivity index (χ1n) is 4.61. The second kappa shape index (κ2) is 5.33. The third kappa shape index (κ3) is 3.11. The van der Waals surface area contributed by atoms with E-state index in [-0.39, 0.29) is 17.9 Å². The minimum Gasteiger partial charge on any atom is -0.478 e. The van der Waals surface area contributed by atoms with E-state index in [9.17, 15) is 9.59 Å². The maximum absolute atomic E-state index is 11.4. The Morgan fingerprint density at radius 2 is 2.31 bits per heavy atom. The number of anilines is 1. The molecule has 0 atom stereocenters. The first kappa shape index (κ1) is 12.3. The minimum atomic E-state index is -1.04. The van der Waals surface area contributed by atoms with Crippen LogP contribution in [0.4, 0.5) is 5.00 Å². The Morgan fingerprint density at radius 1 is 1.62 bits per heavy atom. The maximum atomic E-state index is 11.4. The van der Waals surface area contributed by atoms with E-state index in [1.54, 1.807) is 6.92 Å². The van der Waals surface area contributed by atoms with Crippen LogP contribution in [0.25, 0.3) is 0 Å². The fourth-order valence-electron chi connectivity index (χ4n) is 1.14. The first-order chi connectivity index (χ1) is 7.54. The quantitative estimate of drug-likeness (QED) is 0.788. The lowest BCUT2D eigenvalue weighted by Gasteiger charge is -2.01. The predicted octanol–water partition coefficient (Wildman–Crippen LogP) is 2.11. The lowest BCUT2D eigenvalue weighted by Crippen LogP contribution is -2.12. The number of nitrogens with one attached hydrogen (secondary N) is 1. The van der Waals surface area contributed by atoms with E-state index in [1.165, 1.54) is 17.4 Å². The van der Waals surface area contributed by atoms with Crippen LogP contribution in [0.1, 0.15) is 28.1 Å². The Balaban J connectivity index is 2.77. The molecule has 84 valence electrons. The Labute approximate surface area is 97.3 Å².